The Balaban J connectivity index is 3.95. The highest BCUT2D eigenvalue weighted by Gasteiger charge is 2.14. The third kappa shape index (κ3) is 3.53. The van der Waals surface area contributed by atoms with Crippen molar-refractivity contribution in [1.29, 1.82) is 0 Å². The summed E-state index contributed by atoms with van der Waals surface area (Å²) in [5.41, 5.74) is 11.1. The topological polar surface area (TPSA) is 69.1 Å². The van der Waals surface area contributed by atoms with Gasteiger partial charge in [-0.25, -0.2) is 0 Å². The lowest BCUT2D eigenvalue weighted by Gasteiger charge is -2.15. The highest BCUT2D eigenvalue weighted by molar-refractivity contribution is 5.92. The monoisotopic (exact) mass is 170 g/mol. The number of amides is 1. The van der Waals surface area contributed by atoms with Gasteiger partial charge in [0, 0.05) is 11.6 Å². The van der Waals surface area contributed by atoms with E-state index in [0.717, 1.165) is 12.8 Å². The summed E-state index contributed by atoms with van der Waals surface area (Å²) < 4.78 is 0. The van der Waals surface area contributed by atoms with Gasteiger partial charge in [0.1, 0.15) is 0 Å². The van der Waals surface area contributed by atoms with E-state index in [4.69, 9.17) is 11.5 Å². The van der Waals surface area contributed by atoms with Crippen molar-refractivity contribution < 1.29 is 4.79 Å². The second-order valence-electron chi connectivity index (χ2n) is 3.25. The zero-order valence-corrected chi connectivity index (χ0v) is 7.84. The molecule has 3 heteroatoms. The van der Waals surface area contributed by atoms with Crippen LogP contribution in [0.4, 0.5) is 0 Å². The molecule has 0 aliphatic heterocycles. The number of carbonyl (C=O) groups excluding carboxylic acids is 1. The van der Waals surface area contributed by atoms with Gasteiger partial charge in [0.2, 0.25) is 5.91 Å². The molecule has 0 rings (SSSR count). The van der Waals surface area contributed by atoms with Gasteiger partial charge in [0.05, 0.1) is 0 Å². The molecule has 70 valence electrons. The largest absolute Gasteiger partial charge is 0.366 e. The summed E-state index contributed by atoms with van der Waals surface area (Å²) in [5.74, 6) is 0.0157. The maximum atomic E-state index is 10.7. The summed E-state index contributed by atoms with van der Waals surface area (Å²) in [6, 6.07) is -0.280. The number of hydrogen-bond acceptors (Lipinski definition) is 2. The molecule has 0 aliphatic rings. The summed E-state index contributed by atoms with van der Waals surface area (Å²) >= 11 is 0. The van der Waals surface area contributed by atoms with Crippen LogP contribution in [0.25, 0.3) is 0 Å². The van der Waals surface area contributed by atoms with Crippen molar-refractivity contribution in [3.05, 3.63) is 12.2 Å². The Labute approximate surface area is 73.8 Å². The van der Waals surface area contributed by atoms with Crippen LogP contribution in [0.2, 0.25) is 0 Å². The van der Waals surface area contributed by atoms with E-state index in [1.807, 2.05) is 0 Å². The second kappa shape index (κ2) is 4.93. The lowest BCUT2D eigenvalue weighted by atomic mass is 9.95. The predicted octanol–water partition coefficient (Wildman–Crippen LogP) is 0.791. The minimum atomic E-state index is -0.495. The van der Waals surface area contributed by atoms with E-state index in [9.17, 15) is 4.79 Å². The van der Waals surface area contributed by atoms with Gasteiger partial charge < -0.3 is 11.5 Å². The van der Waals surface area contributed by atoms with Gasteiger partial charge in [-0.3, -0.25) is 4.79 Å². The van der Waals surface area contributed by atoms with Gasteiger partial charge in [-0.05, 0) is 12.3 Å². The quantitative estimate of drug-likeness (QED) is 0.599. The molecule has 3 nitrogen and oxygen atoms in total. The first-order chi connectivity index (χ1) is 5.49. The van der Waals surface area contributed by atoms with Crippen molar-refractivity contribution in [3.63, 3.8) is 0 Å². The first-order valence-corrected chi connectivity index (χ1v) is 4.23. The molecule has 0 aliphatic carbocycles. The molecule has 0 aromatic rings. The number of primary amides is 1. The van der Waals surface area contributed by atoms with Gasteiger partial charge in [0.15, 0.2) is 0 Å². The fraction of sp³-hybridized carbons (Fsp3) is 0.667. The maximum absolute atomic E-state index is 10.7. The van der Waals surface area contributed by atoms with Gasteiger partial charge in [0.25, 0.3) is 0 Å². The van der Waals surface area contributed by atoms with Crippen molar-refractivity contribution in [2.24, 2.45) is 17.4 Å². The van der Waals surface area contributed by atoms with Crippen LogP contribution in [0.1, 0.15) is 26.7 Å². The third-order valence-electron chi connectivity index (χ3n) is 2.12. The molecular formula is C9H18N2O. The SMILES string of the molecule is C=C(C(N)=O)C(N)CC(C)CC. The molecule has 0 spiro atoms. The highest BCUT2D eigenvalue weighted by atomic mass is 16.1. The zero-order valence-electron chi connectivity index (χ0n) is 7.84. The standard InChI is InChI=1S/C9H18N2O/c1-4-6(2)5-8(10)7(3)9(11)12/h6,8H,3-5,10H2,1-2H3,(H2,11,12). The Bertz CT molecular complexity index is 177. The Kier molecular flexibility index (Phi) is 4.59. The van der Waals surface area contributed by atoms with E-state index in [0.29, 0.717) is 11.5 Å². The number of nitrogens with two attached hydrogens (primary N) is 2. The molecule has 0 saturated heterocycles. The second-order valence-corrected chi connectivity index (χ2v) is 3.25. The Hall–Kier alpha value is -0.830. The number of rotatable bonds is 5. The van der Waals surface area contributed by atoms with E-state index < -0.39 is 5.91 Å². The molecule has 0 fully saturated rings. The smallest absolute Gasteiger partial charge is 0.245 e. The minimum Gasteiger partial charge on any atom is -0.366 e. The average Bonchev–Trinajstić information content (AvgIpc) is 2.02. The van der Waals surface area contributed by atoms with Crippen LogP contribution < -0.4 is 11.5 Å². The average molecular weight is 170 g/mol. The molecule has 2 unspecified atom stereocenters. The molecule has 0 bridgehead atoms. The molecule has 0 saturated carbocycles. The van der Waals surface area contributed by atoms with Crippen LogP contribution in [0.15, 0.2) is 12.2 Å². The first-order valence-electron chi connectivity index (χ1n) is 4.23. The van der Waals surface area contributed by atoms with Gasteiger partial charge in [-0.1, -0.05) is 26.8 Å². The van der Waals surface area contributed by atoms with Crippen LogP contribution in [-0.2, 0) is 4.79 Å². The maximum Gasteiger partial charge on any atom is 0.245 e. The fourth-order valence-electron chi connectivity index (χ4n) is 0.925. The Morgan fingerprint density at radius 3 is 2.42 bits per heavy atom. The molecule has 0 heterocycles. The Morgan fingerprint density at radius 1 is 1.58 bits per heavy atom. The van der Waals surface area contributed by atoms with Crippen LogP contribution in [0.3, 0.4) is 0 Å². The van der Waals surface area contributed by atoms with Crippen molar-refractivity contribution >= 4 is 5.91 Å². The lowest BCUT2D eigenvalue weighted by molar-refractivity contribution is -0.114. The van der Waals surface area contributed by atoms with Gasteiger partial charge in [-0.15, -0.1) is 0 Å². The van der Waals surface area contributed by atoms with Gasteiger partial charge in [-0.2, -0.15) is 0 Å². The molecule has 1 amide bonds. The van der Waals surface area contributed by atoms with Crippen molar-refractivity contribution in [2.45, 2.75) is 32.7 Å². The normalized spacial score (nSPS) is 15.2. The number of hydrogen-bond donors (Lipinski definition) is 2. The minimum absolute atomic E-state index is 0.280. The summed E-state index contributed by atoms with van der Waals surface area (Å²) in [4.78, 5) is 10.7. The molecule has 4 N–H and O–H groups in total. The number of carbonyl (C=O) groups is 1. The van der Waals surface area contributed by atoms with Crippen LogP contribution >= 0.6 is 0 Å². The molecule has 0 aromatic carbocycles. The zero-order chi connectivity index (χ0) is 9.72. The molecule has 12 heavy (non-hydrogen) atoms. The van der Waals surface area contributed by atoms with Gasteiger partial charge >= 0.3 is 0 Å². The molecular weight excluding hydrogens is 152 g/mol. The third-order valence-corrected chi connectivity index (χ3v) is 2.12. The van der Waals surface area contributed by atoms with E-state index in [1.54, 1.807) is 0 Å². The van der Waals surface area contributed by atoms with Crippen molar-refractivity contribution in [3.8, 4) is 0 Å². The van der Waals surface area contributed by atoms with Crippen LogP contribution in [0.5, 0.6) is 0 Å². The molecule has 0 radical (unpaired) electrons. The molecule has 0 aromatic heterocycles. The lowest BCUT2D eigenvalue weighted by Crippen LogP contribution is -2.31. The van der Waals surface area contributed by atoms with E-state index in [1.165, 1.54) is 0 Å². The summed E-state index contributed by atoms with van der Waals surface area (Å²) in [6.07, 6.45) is 1.83. The van der Waals surface area contributed by atoms with Crippen LogP contribution in [-0.4, -0.2) is 11.9 Å². The highest BCUT2D eigenvalue weighted by Crippen LogP contribution is 2.12. The van der Waals surface area contributed by atoms with E-state index >= 15 is 0 Å². The first kappa shape index (κ1) is 11.2. The predicted molar refractivity (Wildman–Crippen MR) is 50.4 cm³/mol. The Morgan fingerprint density at radius 2 is 2.08 bits per heavy atom. The summed E-state index contributed by atoms with van der Waals surface area (Å²) in [7, 11) is 0. The molecule has 2 atom stereocenters. The summed E-state index contributed by atoms with van der Waals surface area (Å²) in [5, 5.41) is 0. The fourth-order valence-corrected chi connectivity index (χ4v) is 0.925. The summed E-state index contributed by atoms with van der Waals surface area (Å²) in [6.45, 7) is 7.72. The van der Waals surface area contributed by atoms with Crippen molar-refractivity contribution in [1.82, 2.24) is 0 Å². The van der Waals surface area contributed by atoms with Crippen LogP contribution in [0, 0.1) is 5.92 Å². The van der Waals surface area contributed by atoms with E-state index in [2.05, 4.69) is 20.4 Å². The van der Waals surface area contributed by atoms with E-state index in [-0.39, 0.29) is 6.04 Å². The van der Waals surface area contributed by atoms with Crippen molar-refractivity contribution in [2.75, 3.05) is 0 Å².